The number of ether oxygens (including phenoxy) is 2. The SMILES string of the molecule is COc1cc(C)ccc1Oc1ccccc1CN(C)C(=O)c1ccc(Cn2cc(Cn3c(-c4ccccc4)cc4ccccc43)nn2)o1. The van der Waals surface area contributed by atoms with Crippen molar-refractivity contribution in [1.82, 2.24) is 24.5 Å². The van der Waals surface area contributed by atoms with Crippen molar-refractivity contribution in [2.45, 2.75) is 26.6 Å². The third-order valence-electron chi connectivity index (χ3n) is 8.24. The molecule has 0 N–H and O–H groups in total. The molecule has 0 bridgehead atoms. The average Bonchev–Trinajstić information content (AvgIpc) is 3.86. The molecule has 0 aliphatic heterocycles. The zero-order valence-electron chi connectivity index (χ0n) is 27.0. The first-order chi connectivity index (χ1) is 23.4. The lowest BCUT2D eigenvalue weighted by Crippen LogP contribution is -2.26. The van der Waals surface area contributed by atoms with Crippen LogP contribution in [-0.2, 0) is 19.6 Å². The molecule has 9 nitrogen and oxygen atoms in total. The first-order valence-corrected chi connectivity index (χ1v) is 15.7. The van der Waals surface area contributed by atoms with Gasteiger partial charge < -0.3 is 23.4 Å². The van der Waals surface area contributed by atoms with Crippen LogP contribution in [0.4, 0.5) is 0 Å². The molecule has 0 radical (unpaired) electrons. The van der Waals surface area contributed by atoms with Crippen molar-refractivity contribution in [3.8, 4) is 28.5 Å². The van der Waals surface area contributed by atoms with E-state index in [0.29, 0.717) is 42.6 Å². The van der Waals surface area contributed by atoms with Crippen molar-refractivity contribution in [1.29, 1.82) is 0 Å². The third-order valence-corrected chi connectivity index (χ3v) is 8.24. The minimum absolute atomic E-state index is 0.240. The van der Waals surface area contributed by atoms with Crippen LogP contribution in [0.25, 0.3) is 22.2 Å². The third kappa shape index (κ3) is 6.43. The fourth-order valence-corrected chi connectivity index (χ4v) is 5.84. The van der Waals surface area contributed by atoms with E-state index in [4.69, 9.17) is 13.9 Å². The zero-order valence-corrected chi connectivity index (χ0v) is 27.0. The van der Waals surface area contributed by atoms with Gasteiger partial charge in [0, 0.05) is 35.8 Å². The summed E-state index contributed by atoms with van der Waals surface area (Å²) in [6.45, 7) is 3.23. The lowest BCUT2D eigenvalue weighted by Gasteiger charge is -2.19. The van der Waals surface area contributed by atoms with Crippen LogP contribution in [0.1, 0.15) is 33.1 Å². The first kappa shape index (κ1) is 30.6. The average molecular weight is 638 g/mol. The molecule has 7 rings (SSSR count). The second kappa shape index (κ2) is 13.3. The minimum atomic E-state index is -0.240. The number of para-hydroxylation sites is 2. The van der Waals surface area contributed by atoms with Gasteiger partial charge in [0.15, 0.2) is 17.3 Å². The van der Waals surface area contributed by atoms with E-state index in [1.807, 2.05) is 79.9 Å². The number of hydrogen-bond donors (Lipinski definition) is 0. The Morgan fingerprint density at radius 3 is 2.48 bits per heavy atom. The van der Waals surface area contributed by atoms with E-state index < -0.39 is 0 Å². The largest absolute Gasteiger partial charge is 0.493 e. The molecule has 1 amide bonds. The van der Waals surface area contributed by atoms with Crippen LogP contribution < -0.4 is 9.47 Å². The van der Waals surface area contributed by atoms with Crippen molar-refractivity contribution >= 4 is 16.8 Å². The maximum atomic E-state index is 13.4. The number of methoxy groups -OCH3 is 1. The highest BCUT2D eigenvalue weighted by Crippen LogP contribution is 2.34. The molecule has 3 aromatic heterocycles. The van der Waals surface area contributed by atoms with E-state index >= 15 is 0 Å². The summed E-state index contributed by atoms with van der Waals surface area (Å²) in [7, 11) is 3.36. The molecule has 0 unspecified atom stereocenters. The standard InChI is InChI=1S/C39H35N5O4/c1-27-17-19-36(38(21-27)46-3)48-35-16-10-8-14-30(35)23-42(2)39(45)37-20-18-32(47-37)26-43-24-31(40-41-43)25-44-33-15-9-7-13-29(33)22-34(44)28-11-5-4-6-12-28/h4-22,24H,23,25-26H2,1-3H3. The van der Waals surface area contributed by atoms with Crippen molar-refractivity contribution in [3.05, 3.63) is 150 Å². The predicted octanol–water partition coefficient (Wildman–Crippen LogP) is 7.97. The van der Waals surface area contributed by atoms with Gasteiger partial charge in [0.2, 0.25) is 0 Å². The molecular formula is C39H35N5O4. The molecular weight excluding hydrogens is 602 g/mol. The van der Waals surface area contributed by atoms with Crippen LogP contribution in [0, 0.1) is 6.92 Å². The molecule has 0 saturated heterocycles. The number of furan rings is 1. The smallest absolute Gasteiger partial charge is 0.289 e. The Kier molecular flexibility index (Phi) is 8.49. The topological polar surface area (TPSA) is 87.5 Å². The van der Waals surface area contributed by atoms with Gasteiger partial charge in [0.05, 0.1) is 19.9 Å². The van der Waals surface area contributed by atoms with Crippen molar-refractivity contribution in [2.24, 2.45) is 0 Å². The number of fused-ring (bicyclic) bond motifs is 1. The molecule has 0 saturated carbocycles. The number of rotatable bonds is 11. The molecule has 48 heavy (non-hydrogen) atoms. The monoisotopic (exact) mass is 637 g/mol. The Morgan fingerprint density at radius 1 is 0.833 bits per heavy atom. The Balaban J connectivity index is 1.03. The van der Waals surface area contributed by atoms with E-state index in [1.165, 1.54) is 5.39 Å². The Bertz CT molecular complexity index is 2200. The normalized spacial score (nSPS) is 11.1. The van der Waals surface area contributed by atoms with Crippen LogP contribution >= 0.6 is 0 Å². The molecule has 240 valence electrons. The van der Waals surface area contributed by atoms with E-state index in [9.17, 15) is 4.79 Å². The Morgan fingerprint density at radius 2 is 1.62 bits per heavy atom. The summed E-state index contributed by atoms with van der Waals surface area (Å²) in [4.78, 5) is 15.0. The molecule has 9 heteroatoms. The molecule has 0 fully saturated rings. The second-order valence-electron chi connectivity index (χ2n) is 11.7. The van der Waals surface area contributed by atoms with E-state index in [2.05, 4.69) is 51.3 Å². The summed E-state index contributed by atoms with van der Waals surface area (Å²) in [5.74, 6) is 2.51. The van der Waals surface area contributed by atoms with Gasteiger partial charge in [-0.1, -0.05) is 78.0 Å². The molecule has 0 aliphatic carbocycles. The number of aryl methyl sites for hydroxylation is 1. The van der Waals surface area contributed by atoms with Crippen LogP contribution in [0.5, 0.6) is 17.2 Å². The summed E-state index contributed by atoms with van der Waals surface area (Å²) < 4.78 is 21.7. The number of nitrogens with zero attached hydrogens (tertiary/aromatic N) is 5. The molecule has 0 aliphatic rings. The van der Waals surface area contributed by atoms with Gasteiger partial charge in [0.1, 0.15) is 23.7 Å². The summed E-state index contributed by atoms with van der Waals surface area (Å²) in [5.41, 5.74) is 6.13. The number of carbonyl (C=O) groups excluding carboxylic acids is 1. The fraction of sp³-hybridized carbons (Fsp3) is 0.154. The summed E-state index contributed by atoms with van der Waals surface area (Å²) in [5, 5.41) is 9.98. The molecule has 0 atom stereocenters. The van der Waals surface area contributed by atoms with E-state index in [0.717, 1.165) is 33.6 Å². The second-order valence-corrected chi connectivity index (χ2v) is 11.7. The van der Waals surface area contributed by atoms with Crippen LogP contribution in [0.2, 0.25) is 0 Å². The highest BCUT2D eigenvalue weighted by molar-refractivity contribution is 5.91. The molecule has 3 heterocycles. The Hall–Kier alpha value is -6.09. The van der Waals surface area contributed by atoms with Gasteiger partial charge in [-0.15, -0.1) is 5.10 Å². The Labute approximate surface area is 278 Å². The van der Waals surface area contributed by atoms with Crippen LogP contribution in [0.3, 0.4) is 0 Å². The van der Waals surface area contributed by atoms with Gasteiger partial charge in [0.25, 0.3) is 5.91 Å². The molecule has 7 aromatic rings. The maximum absolute atomic E-state index is 13.4. The van der Waals surface area contributed by atoms with Gasteiger partial charge >= 0.3 is 0 Å². The lowest BCUT2D eigenvalue weighted by atomic mass is 10.1. The number of benzene rings is 4. The van der Waals surface area contributed by atoms with Gasteiger partial charge in [-0.05, 0) is 60.5 Å². The summed E-state index contributed by atoms with van der Waals surface area (Å²) in [6, 6.07) is 37.8. The van der Waals surface area contributed by atoms with Gasteiger partial charge in [-0.25, -0.2) is 4.68 Å². The molecule has 0 spiro atoms. The summed E-state index contributed by atoms with van der Waals surface area (Å²) >= 11 is 0. The highest BCUT2D eigenvalue weighted by Gasteiger charge is 2.19. The quantitative estimate of drug-likeness (QED) is 0.143. The van der Waals surface area contributed by atoms with Crippen molar-refractivity contribution in [3.63, 3.8) is 0 Å². The fourth-order valence-electron chi connectivity index (χ4n) is 5.84. The number of hydrogen-bond acceptors (Lipinski definition) is 6. The number of aromatic nitrogens is 4. The van der Waals surface area contributed by atoms with Crippen molar-refractivity contribution < 1.29 is 18.7 Å². The first-order valence-electron chi connectivity index (χ1n) is 15.7. The highest BCUT2D eigenvalue weighted by atomic mass is 16.5. The minimum Gasteiger partial charge on any atom is -0.493 e. The zero-order chi connectivity index (χ0) is 33.0. The van der Waals surface area contributed by atoms with Gasteiger partial charge in [-0.2, -0.15) is 0 Å². The van der Waals surface area contributed by atoms with E-state index in [1.54, 1.807) is 35.9 Å². The maximum Gasteiger partial charge on any atom is 0.289 e. The predicted molar refractivity (Wildman–Crippen MR) is 184 cm³/mol. The van der Waals surface area contributed by atoms with Crippen molar-refractivity contribution in [2.75, 3.05) is 14.2 Å². The lowest BCUT2D eigenvalue weighted by molar-refractivity contribution is 0.0750. The number of amides is 1. The van der Waals surface area contributed by atoms with Gasteiger partial charge in [-0.3, -0.25) is 4.79 Å². The summed E-state index contributed by atoms with van der Waals surface area (Å²) in [6.07, 6.45) is 1.92. The van der Waals surface area contributed by atoms with Crippen LogP contribution in [-0.4, -0.2) is 44.5 Å². The number of carbonyl (C=O) groups is 1. The molecule has 4 aromatic carbocycles. The van der Waals surface area contributed by atoms with E-state index in [-0.39, 0.29) is 11.7 Å². The van der Waals surface area contributed by atoms with Crippen LogP contribution in [0.15, 0.2) is 126 Å².